The molecule has 11 atom stereocenters. The summed E-state index contributed by atoms with van der Waals surface area (Å²) in [6, 6.07) is 0. The number of aliphatic hydroxyl groups is 4. The van der Waals surface area contributed by atoms with Crippen molar-refractivity contribution >= 4 is 17.7 Å². The van der Waals surface area contributed by atoms with Gasteiger partial charge in [-0.25, -0.2) is 4.79 Å². The fourth-order valence-electron chi connectivity index (χ4n) is 7.61. The van der Waals surface area contributed by atoms with E-state index in [9.17, 15) is 34.8 Å². The molecular weight excluding hydrogens is 520 g/mol. The summed E-state index contributed by atoms with van der Waals surface area (Å²) in [6.45, 7) is 14.4. The first-order valence-corrected chi connectivity index (χ1v) is 14.1. The van der Waals surface area contributed by atoms with Crippen LogP contribution < -0.4 is 0 Å². The Morgan fingerprint density at radius 3 is 2.35 bits per heavy atom. The molecule has 10 nitrogen and oxygen atoms in total. The maximum absolute atomic E-state index is 13.4. The molecule has 2 saturated carbocycles. The van der Waals surface area contributed by atoms with Crippen molar-refractivity contribution < 1.29 is 49.0 Å². The van der Waals surface area contributed by atoms with E-state index in [1.54, 1.807) is 54.5 Å². The van der Waals surface area contributed by atoms with E-state index in [0.717, 1.165) is 0 Å². The molecular formula is C30H44O10. The average Bonchev–Trinajstić information content (AvgIpc) is 3.59. The Kier molecular flexibility index (Phi) is 7.29. The molecule has 4 aliphatic rings. The summed E-state index contributed by atoms with van der Waals surface area (Å²) in [4.78, 5) is 39.9. The summed E-state index contributed by atoms with van der Waals surface area (Å²) in [5, 5.41) is 46.8. The molecule has 0 aromatic heterocycles. The molecule has 1 heterocycles. The van der Waals surface area contributed by atoms with Gasteiger partial charge < -0.3 is 34.6 Å². The Morgan fingerprint density at radius 1 is 1.23 bits per heavy atom. The number of ether oxygens (including phenoxy) is 3. The predicted molar refractivity (Wildman–Crippen MR) is 143 cm³/mol. The van der Waals surface area contributed by atoms with Gasteiger partial charge in [-0.15, -0.1) is 0 Å². The van der Waals surface area contributed by atoms with Gasteiger partial charge in [0.25, 0.3) is 0 Å². The predicted octanol–water partition coefficient (Wildman–Crippen LogP) is 1.62. The lowest BCUT2D eigenvalue weighted by Gasteiger charge is -2.64. The summed E-state index contributed by atoms with van der Waals surface area (Å²) < 4.78 is 18.3. The van der Waals surface area contributed by atoms with Gasteiger partial charge in [0, 0.05) is 28.7 Å². The van der Waals surface area contributed by atoms with Gasteiger partial charge in [0.1, 0.15) is 17.8 Å². The van der Waals surface area contributed by atoms with Crippen molar-refractivity contribution in [2.75, 3.05) is 6.61 Å². The van der Waals surface area contributed by atoms with E-state index in [2.05, 4.69) is 0 Å². The minimum Gasteiger partial charge on any atom is -0.455 e. The summed E-state index contributed by atoms with van der Waals surface area (Å²) in [5.74, 6) is -5.79. The van der Waals surface area contributed by atoms with Crippen LogP contribution in [0.25, 0.3) is 0 Å². The first-order valence-electron chi connectivity index (χ1n) is 14.1. The second kappa shape index (κ2) is 9.46. The Balaban J connectivity index is 2.00. The molecule has 0 aromatic carbocycles. The summed E-state index contributed by atoms with van der Waals surface area (Å²) in [7, 11) is 0. The summed E-state index contributed by atoms with van der Waals surface area (Å²) in [5.41, 5.74) is -8.59. The monoisotopic (exact) mass is 564 g/mol. The highest BCUT2D eigenvalue weighted by molar-refractivity contribution is 6.05. The number of allylic oxidation sites excluding steroid dienone is 1. The smallest absolute Gasteiger partial charge is 0.333 e. The molecule has 3 fully saturated rings. The van der Waals surface area contributed by atoms with Crippen LogP contribution in [0.4, 0.5) is 0 Å². The lowest BCUT2D eigenvalue weighted by molar-refractivity contribution is -0.304. The maximum atomic E-state index is 13.4. The molecule has 1 saturated heterocycles. The lowest BCUT2D eigenvalue weighted by Crippen LogP contribution is -2.76. The molecule has 0 radical (unpaired) electrons. The molecule has 4 rings (SSSR count). The molecule has 11 unspecified atom stereocenters. The third kappa shape index (κ3) is 3.62. The normalized spacial score (nSPS) is 46.3. The van der Waals surface area contributed by atoms with Crippen LogP contribution in [0.1, 0.15) is 68.7 Å². The van der Waals surface area contributed by atoms with Gasteiger partial charge >= 0.3 is 11.9 Å². The van der Waals surface area contributed by atoms with Gasteiger partial charge in [0.2, 0.25) is 0 Å². The molecule has 0 aromatic rings. The van der Waals surface area contributed by atoms with Crippen molar-refractivity contribution in [2.24, 2.45) is 29.1 Å². The molecule has 3 aliphatic carbocycles. The van der Waals surface area contributed by atoms with Crippen molar-refractivity contribution in [1.82, 2.24) is 0 Å². The first kappa shape index (κ1) is 30.8. The van der Waals surface area contributed by atoms with Crippen LogP contribution in [0.5, 0.6) is 0 Å². The van der Waals surface area contributed by atoms with Crippen LogP contribution in [-0.4, -0.2) is 85.5 Å². The van der Waals surface area contributed by atoms with Crippen molar-refractivity contribution in [3.8, 4) is 0 Å². The molecule has 1 aliphatic heterocycles. The van der Waals surface area contributed by atoms with Crippen LogP contribution in [0, 0.1) is 29.1 Å². The Labute approximate surface area is 235 Å². The van der Waals surface area contributed by atoms with Gasteiger partial charge in [-0.2, -0.15) is 0 Å². The fourth-order valence-corrected chi connectivity index (χ4v) is 7.61. The molecule has 4 N–H and O–H groups in total. The number of hydrogen-bond acceptors (Lipinski definition) is 10. The standard InChI is InChI=1S/C30H44O10/c1-10-14(3)23(33)38-21-17(6)29(36)18-12-16(5)20(32)30(18,37)25(35)28(13-31)22(39-28)19(29)26(7,8)27(21,9)40-24(34)15(4)11-2/h10,12,15,17-19,21-22,25,31,35-37H,11,13H2,1-9H3/b14-10+. The summed E-state index contributed by atoms with van der Waals surface area (Å²) in [6.07, 6.45) is -0.569. The van der Waals surface area contributed by atoms with Crippen molar-refractivity contribution in [1.29, 1.82) is 0 Å². The molecule has 224 valence electrons. The van der Waals surface area contributed by atoms with Crippen LogP contribution in [0.15, 0.2) is 23.3 Å². The maximum Gasteiger partial charge on any atom is 0.333 e. The zero-order valence-corrected chi connectivity index (χ0v) is 24.8. The van der Waals surface area contributed by atoms with Crippen LogP contribution in [0.3, 0.4) is 0 Å². The van der Waals surface area contributed by atoms with E-state index in [0.29, 0.717) is 12.0 Å². The lowest BCUT2D eigenvalue weighted by atomic mass is 9.46. The number of aliphatic hydroxyl groups excluding tert-OH is 2. The SMILES string of the molecule is C/C=C(\C)C(=O)OC1C(C)C2(O)C3C=C(C)C(=O)C3(O)C(O)C3(CO)OC3C2C(C)(C)C1(C)OC(=O)C(C)CC. The number of rotatable bonds is 6. The number of ketones is 1. The van der Waals surface area contributed by atoms with Crippen molar-refractivity contribution in [3.05, 3.63) is 23.3 Å². The van der Waals surface area contributed by atoms with Crippen LogP contribution in [-0.2, 0) is 28.6 Å². The summed E-state index contributed by atoms with van der Waals surface area (Å²) >= 11 is 0. The van der Waals surface area contributed by atoms with Crippen LogP contribution >= 0.6 is 0 Å². The van der Waals surface area contributed by atoms with Gasteiger partial charge in [0.15, 0.2) is 17.0 Å². The molecule has 40 heavy (non-hydrogen) atoms. The molecule has 0 spiro atoms. The first-order chi connectivity index (χ1) is 18.4. The third-order valence-corrected chi connectivity index (χ3v) is 10.9. The number of Topliss-reactive ketones (excluding diaryl/α,β-unsaturated/α-hetero) is 1. The highest BCUT2D eigenvalue weighted by atomic mass is 16.6. The van der Waals surface area contributed by atoms with Gasteiger partial charge in [-0.1, -0.05) is 46.8 Å². The van der Waals surface area contributed by atoms with Crippen LogP contribution in [0.2, 0.25) is 0 Å². The van der Waals surface area contributed by atoms with E-state index in [4.69, 9.17) is 14.2 Å². The Hall–Kier alpha value is -2.11. The van der Waals surface area contributed by atoms with Gasteiger partial charge in [-0.3, -0.25) is 9.59 Å². The second-order valence-corrected chi connectivity index (χ2v) is 13.0. The molecule has 10 heteroatoms. The van der Waals surface area contributed by atoms with E-state index >= 15 is 0 Å². The number of carbonyl (C=O) groups is 3. The zero-order valence-electron chi connectivity index (χ0n) is 24.8. The highest BCUT2D eigenvalue weighted by Gasteiger charge is 2.85. The number of hydrogen-bond donors (Lipinski definition) is 4. The minimum atomic E-state index is -2.51. The minimum absolute atomic E-state index is 0.144. The topological polar surface area (TPSA) is 163 Å². The Bertz CT molecular complexity index is 1170. The van der Waals surface area contributed by atoms with Crippen molar-refractivity contribution in [3.63, 3.8) is 0 Å². The van der Waals surface area contributed by atoms with Gasteiger partial charge in [-0.05, 0) is 39.7 Å². The number of carbonyl (C=O) groups excluding carboxylic acids is 3. The number of esters is 2. The largest absolute Gasteiger partial charge is 0.455 e. The third-order valence-electron chi connectivity index (χ3n) is 10.9. The van der Waals surface area contributed by atoms with E-state index in [1.807, 2.05) is 6.92 Å². The van der Waals surface area contributed by atoms with Gasteiger partial charge in [0.05, 0.1) is 24.2 Å². The highest BCUT2D eigenvalue weighted by Crippen LogP contribution is 2.70. The molecule has 0 bridgehead atoms. The van der Waals surface area contributed by atoms with E-state index in [-0.39, 0.29) is 5.57 Å². The van der Waals surface area contributed by atoms with E-state index in [1.165, 1.54) is 13.0 Å². The molecule has 0 amide bonds. The fraction of sp³-hybridized carbons (Fsp3) is 0.767. The second-order valence-electron chi connectivity index (χ2n) is 13.0. The quantitative estimate of drug-likeness (QED) is 0.212. The number of fused-ring (bicyclic) bond motifs is 5. The van der Waals surface area contributed by atoms with E-state index < -0.39 is 94.1 Å². The number of epoxide rings is 1. The average molecular weight is 565 g/mol. The zero-order chi connectivity index (χ0) is 30.4. The Morgan fingerprint density at radius 2 is 1.82 bits per heavy atom. The van der Waals surface area contributed by atoms with Crippen molar-refractivity contribution in [2.45, 2.75) is 109 Å².